The standard InChI is InChI=1S/C16H21ClN4OS.HI/c1-12-21-14(11-23-12)7-8-19-16(18-2)20-9-10-22-15-5-3-13(17)4-6-15;/h3-6,11H,7-10H2,1-2H3,(H2,18,19,20);1H. The summed E-state index contributed by atoms with van der Waals surface area (Å²) in [6.45, 7) is 4.02. The quantitative estimate of drug-likeness (QED) is 0.276. The van der Waals surface area contributed by atoms with Gasteiger partial charge in [-0.2, -0.15) is 0 Å². The second-order valence-electron chi connectivity index (χ2n) is 4.84. The van der Waals surface area contributed by atoms with Crippen molar-refractivity contribution in [3.05, 3.63) is 45.4 Å². The van der Waals surface area contributed by atoms with Crippen LogP contribution in [0.25, 0.3) is 0 Å². The van der Waals surface area contributed by atoms with Gasteiger partial charge < -0.3 is 15.4 Å². The van der Waals surface area contributed by atoms with Crippen LogP contribution in [0.5, 0.6) is 5.75 Å². The number of aryl methyl sites for hydroxylation is 1. The van der Waals surface area contributed by atoms with Gasteiger partial charge in [0.25, 0.3) is 0 Å². The van der Waals surface area contributed by atoms with Crippen molar-refractivity contribution in [1.29, 1.82) is 0 Å². The molecule has 0 aliphatic heterocycles. The number of aliphatic imine (C=N–C) groups is 1. The third kappa shape index (κ3) is 7.67. The number of halogens is 2. The molecule has 1 heterocycles. The van der Waals surface area contributed by atoms with Crippen LogP contribution in [0.15, 0.2) is 34.6 Å². The predicted octanol–water partition coefficient (Wildman–Crippen LogP) is 3.51. The van der Waals surface area contributed by atoms with Gasteiger partial charge in [-0.05, 0) is 31.2 Å². The van der Waals surface area contributed by atoms with Gasteiger partial charge in [-0.25, -0.2) is 4.98 Å². The maximum absolute atomic E-state index is 5.83. The van der Waals surface area contributed by atoms with Crippen molar-refractivity contribution in [1.82, 2.24) is 15.6 Å². The molecule has 24 heavy (non-hydrogen) atoms. The predicted molar refractivity (Wildman–Crippen MR) is 112 cm³/mol. The first-order chi connectivity index (χ1) is 11.2. The Kier molecular flexibility index (Phi) is 10.0. The molecule has 2 aromatic rings. The van der Waals surface area contributed by atoms with Crippen LogP contribution >= 0.6 is 46.9 Å². The SMILES string of the molecule is CN=C(NCCOc1ccc(Cl)cc1)NCCc1csc(C)n1.I. The number of hydrogen-bond donors (Lipinski definition) is 2. The van der Waals surface area contributed by atoms with Gasteiger partial charge in [0.2, 0.25) is 0 Å². The number of ether oxygens (including phenoxy) is 1. The highest BCUT2D eigenvalue weighted by atomic mass is 127. The highest BCUT2D eigenvalue weighted by Crippen LogP contribution is 2.15. The molecule has 0 bridgehead atoms. The summed E-state index contributed by atoms with van der Waals surface area (Å²) in [6, 6.07) is 7.33. The smallest absolute Gasteiger partial charge is 0.191 e. The molecule has 0 saturated carbocycles. The zero-order chi connectivity index (χ0) is 16.5. The number of rotatable bonds is 7. The van der Waals surface area contributed by atoms with E-state index in [0.29, 0.717) is 18.2 Å². The first-order valence-corrected chi connectivity index (χ1v) is 8.67. The van der Waals surface area contributed by atoms with E-state index in [1.165, 1.54) is 0 Å². The normalized spacial score (nSPS) is 10.9. The molecule has 1 aromatic carbocycles. The summed E-state index contributed by atoms with van der Waals surface area (Å²) in [5.41, 5.74) is 1.11. The van der Waals surface area contributed by atoms with Gasteiger partial charge >= 0.3 is 0 Å². The topological polar surface area (TPSA) is 58.5 Å². The molecule has 2 N–H and O–H groups in total. The molecule has 0 spiro atoms. The van der Waals surface area contributed by atoms with E-state index in [0.717, 1.165) is 35.4 Å². The maximum Gasteiger partial charge on any atom is 0.191 e. The summed E-state index contributed by atoms with van der Waals surface area (Å²) in [5.74, 6) is 1.56. The molecule has 0 unspecified atom stereocenters. The Morgan fingerprint density at radius 2 is 1.96 bits per heavy atom. The van der Waals surface area contributed by atoms with Crippen LogP contribution in [0, 0.1) is 6.92 Å². The van der Waals surface area contributed by atoms with Crippen molar-refractivity contribution in [2.75, 3.05) is 26.7 Å². The Labute approximate surface area is 168 Å². The van der Waals surface area contributed by atoms with Crippen LogP contribution < -0.4 is 15.4 Å². The third-order valence-corrected chi connectivity index (χ3v) is 4.11. The highest BCUT2D eigenvalue weighted by molar-refractivity contribution is 14.0. The zero-order valence-electron chi connectivity index (χ0n) is 13.7. The summed E-state index contributed by atoms with van der Waals surface area (Å²) < 4.78 is 5.62. The van der Waals surface area contributed by atoms with Crippen LogP contribution in [0.2, 0.25) is 5.02 Å². The maximum atomic E-state index is 5.83. The van der Waals surface area contributed by atoms with Crippen LogP contribution in [0.4, 0.5) is 0 Å². The van der Waals surface area contributed by atoms with Gasteiger partial charge in [-0.15, -0.1) is 35.3 Å². The van der Waals surface area contributed by atoms with E-state index in [1.807, 2.05) is 31.2 Å². The minimum absolute atomic E-state index is 0. The zero-order valence-corrected chi connectivity index (χ0v) is 17.6. The molecule has 0 fully saturated rings. The highest BCUT2D eigenvalue weighted by Gasteiger charge is 2.01. The van der Waals surface area contributed by atoms with Crippen LogP contribution in [0.3, 0.4) is 0 Å². The molecule has 0 aliphatic rings. The molecule has 0 amide bonds. The Hall–Kier alpha value is -1.06. The number of benzene rings is 1. The summed E-state index contributed by atoms with van der Waals surface area (Å²) >= 11 is 7.51. The van der Waals surface area contributed by atoms with Crippen molar-refractivity contribution < 1.29 is 4.74 Å². The van der Waals surface area contributed by atoms with E-state index >= 15 is 0 Å². The van der Waals surface area contributed by atoms with E-state index in [9.17, 15) is 0 Å². The fraction of sp³-hybridized carbons (Fsp3) is 0.375. The lowest BCUT2D eigenvalue weighted by atomic mass is 10.3. The second kappa shape index (κ2) is 11.5. The Bertz CT molecular complexity index is 633. The fourth-order valence-corrected chi connectivity index (χ4v) is 2.69. The summed E-state index contributed by atoms with van der Waals surface area (Å²) in [4.78, 5) is 8.62. The molecule has 0 radical (unpaired) electrons. The van der Waals surface area contributed by atoms with Crippen molar-refractivity contribution in [3.63, 3.8) is 0 Å². The van der Waals surface area contributed by atoms with E-state index in [1.54, 1.807) is 18.4 Å². The van der Waals surface area contributed by atoms with Crippen LogP contribution in [-0.2, 0) is 6.42 Å². The van der Waals surface area contributed by atoms with Gasteiger partial charge in [0.1, 0.15) is 12.4 Å². The summed E-state index contributed by atoms with van der Waals surface area (Å²) in [6.07, 6.45) is 0.881. The van der Waals surface area contributed by atoms with Gasteiger partial charge in [0, 0.05) is 30.4 Å². The first-order valence-electron chi connectivity index (χ1n) is 7.41. The average molecular weight is 481 g/mol. The molecule has 2 rings (SSSR count). The lowest BCUT2D eigenvalue weighted by Gasteiger charge is -2.12. The van der Waals surface area contributed by atoms with Crippen molar-refractivity contribution in [2.24, 2.45) is 4.99 Å². The molecular formula is C16H22ClIN4OS. The minimum atomic E-state index is 0. The summed E-state index contributed by atoms with van der Waals surface area (Å²) in [5, 5.41) is 10.4. The summed E-state index contributed by atoms with van der Waals surface area (Å²) in [7, 11) is 1.75. The Morgan fingerprint density at radius 3 is 2.58 bits per heavy atom. The third-order valence-electron chi connectivity index (χ3n) is 3.04. The van der Waals surface area contributed by atoms with E-state index < -0.39 is 0 Å². The van der Waals surface area contributed by atoms with Crippen molar-refractivity contribution >= 4 is 52.9 Å². The van der Waals surface area contributed by atoms with Gasteiger partial charge in [0.05, 0.1) is 17.2 Å². The molecule has 0 atom stereocenters. The first kappa shape index (κ1) is 21.0. The van der Waals surface area contributed by atoms with E-state index in [4.69, 9.17) is 16.3 Å². The molecule has 132 valence electrons. The number of guanidine groups is 1. The molecule has 0 aliphatic carbocycles. The van der Waals surface area contributed by atoms with Crippen LogP contribution in [-0.4, -0.2) is 37.7 Å². The Balaban J connectivity index is 0.00000288. The monoisotopic (exact) mass is 480 g/mol. The Morgan fingerprint density at radius 1 is 1.25 bits per heavy atom. The number of aromatic nitrogens is 1. The molecular weight excluding hydrogens is 459 g/mol. The number of hydrogen-bond acceptors (Lipinski definition) is 4. The molecule has 1 aromatic heterocycles. The molecule has 8 heteroatoms. The lowest BCUT2D eigenvalue weighted by Crippen LogP contribution is -2.40. The van der Waals surface area contributed by atoms with Crippen molar-refractivity contribution in [2.45, 2.75) is 13.3 Å². The van der Waals surface area contributed by atoms with E-state index in [-0.39, 0.29) is 24.0 Å². The average Bonchev–Trinajstić information content (AvgIpc) is 2.97. The number of nitrogens with one attached hydrogen (secondary N) is 2. The van der Waals surface area contributed by atoms with Gasteiger partial charge in [0.15, 0.2) is 5.96 Å². The molecule has 5 nitrogen and oxygen atoms in total. The minimum Gasteiger partial charge on any atom is -0.492 e. The molecule has 0 saturated heterocycles. The number of nitrogens with zero attached hydrogens (tertiary/aromatic N) is 2. The largest absolute Gasteiger partial charge is 0.492 e. The fourth-order valence-electron chi connectivity index (χ4n) is 1.92. The lowest BCUT2D eigenvalue weighted by molar-refractivity contribution is 0.322. The van der Waals surface area contributed by atoms with Gasteiger partial charge in [-0.3, -0.25) is 4.99 Å². The van der Waals surface area contributed by atoms with E-state index in [2.05, 4.69) is 26.0 Å². The second-order valence-corrected chi connectivity index (χ2v) is 6.33. The van der Waals surface area contributed by atoms with Crippen molar-refractivity contribution in [3.8, 4) is 5.75 Å². The van der Waals surface area contributed by atoms with Gasteiger partial charge in [-0.1, -0.05) is 11.6 Å². The van der Waals surface area contributed by atoms with Crippen LogP contribution in [0.1, 0.15) is 10.7 Å². The number of thiazole rings is 1.